The van der Waals surface area contributed by atoms with Crippen LogP contribution in [0.4, 0.5) is 11.4 Å². The summed E-state index contributed by atoms with van der Waals surface area (Å²) in [6, 6.07) is 14.5. The molecule has 0 saturated carbocycles. The fourth-order valence-electron chi connectivity index (χ4n) is 2.81. The Labute approximate surface area is 186 Å². The van der Waals surface area contributed by atoms with Crippen LogP contribution in [0.25, 0.3) is 0 Å². The smallest absolute Gasteiger partial charge is 0.305 e. The Morgan fingerprint density at radius 1 is 1.10 bits per heavy atom. The molecule has 0 radical (unpaired) electrons. The molecule has 8 nitrogen and oxygen atoms in total. The van der Waals surface area contributed by atoms with Crippen LogP contribution in [0, 0.1) is 17.0 Å². The summed E-state index contributed by atoms with van der Waals surface area (Å²) in [5, 5.41) is 16.3. The van der Waals surface area contributed by atoms with E-state index in [4.69, 9.17) is 17.0 Å². The Morgan fingerprint density at radius 2 is 1.84 bits per heavy atom. The molecule has 0 unspecified atom stereocenters. The minimum absolute atomic E-state index is 0.0339. The topological polar surface area (TPSA) is 111 Å². The van der Waals surface area contributed by atoms with Crippen molar-refractivity contribution >= 4 is 40.6 Å². The summed E-state index contributed by atoms with van der Waals surface area (Å²) in [7, 11) is 0. The maximum atomic E-state index is 12.0. The number of nitro groups is 1. The highest BCUT2D eigenvalue weighted by atomic mass is 32.1. The van der Waals surface area contributed by atoms with Gasteiger partial charge >= 0.3 is 5.97 Å². The Bertz CT molecular complexity index is 934. The van der Waals surface area contributed by atoms with Gasteiger partial charge in [0.2, 0.25) is 5.91 Å². The van der Waals surface area contributed by atoms with E-state index >= 15 is 0 Å². The second-order valence-electron chi connectivity index (χ2n) is 6.92. The van der Waals surface area contributed by atoms with Gasteiger partial charge in [-0.25, -0.2) is 0 Å². The van der Waals surface area contributed by atoms with Crippen molar-refractivity contribution in [1.82, 2.24) is 5.32 Å². The van der Waals surface area contributed by atoms with E-state index in [2.05, 4.69) is 10.6 Å². The highest BCUT2D eigenvalue weighted by Gasteiger charge is 2.12. The lowest BCUT2D eigenvalue weighted by Crippen LogP contribution is -2.34. The van der Waals surface area contributed by atoms with Gasteiger partial charge in [-0.15, -0.1) is 0 Å². The van der Waals surface area contributed by atoms with Gasteiger partial charge in [0.25, 0.3) is 5.69 Å². The van der Waals surface area contributed by atoms with Crippen LogP contribution < -0.4 is 10.6 Å². The fraction of sp³-hybridized carbons (Fsp3) is 0.318. The molecule has 0 heterocycles. The molecule has 164 valence electrons. The molecule has 0 spiro atoms. The first-order chi connectivity index (χ1) is 14.8. The maximum absolute atomic E-state index is 12.0. The lowest BCUT2D eigenvalue weighted by Gasteiger charge is -2.10. The largest absolute Gasteiger partial charge is 0.466 e. The predicted octanol–water partition coefficient (Wildman–Crippen LogP) is 4.06. The number of hydrogen-bond acceptors (Lipinski definition) is 6. The van der Waals surface area contributed by atoms with Gasteiger partial charge in [-0.05, 0) is 50.0 Å². The minimum Gasteiger partial charge on any atom is -0.466 e. The normalized spacial score (nSPS) is 10.2. The van der Waals surface area contributed by atoms with Crippen LogP contribution in [-0.2, 0) is 20.7 Å². The van der Waals surface area contributed by atoms with Crippen LogP contribution in [-0.4, -0.2) is 28.5 Å². The predicted molar refractivity (Wildman–Crippen MR) is 122 cm³/mol. The summed E-state index contributed by atoms with van der Waals surface area (Å²) in [6.07, 6.45) is 2.17. The molecule has 0 aliphatic heterocycles. The second-order valence-corrected chi connectivity index (χ2v) is 7.33. The number of esters is 1. The molecule has 0 aliphatic carbocycles. The molecule has 31 heavy (non-hydrogen) atoms. The van der Waals surface area contributed by atoms with Crippen molar-refractivity contribution in [3.8, 4) is 0 Å². The third-order valence-corrected chi connectivity index (χ3v) is 4.62. The van der Waals surface area contributed by atoms with Crippen molar-refractivity contribution in [2.24, 2.45) is 0 Å². The van der Waals surface area contributed by atoms with Crippen molar-refractivity contribution in [2.45, 2.75) is 39.0 Å². The van der Waals surface area contributed by atoms with Gasteiger partial charge in [-0.3, -0.25) is 19.7 Å². The van der Waals surface area contributed by atoms with Crippen molar-refractivity contribution in [3.05, 3.63) is 69.8 Å². The van der Waals surface area contributed by atoms with Crippen molar-refractivity contribution in [3.63, 3.8) is 0 Å². The first-order valence-corrected chi connectivity index (χ1v) is 10.3. The highest BCUT2D eigenvalue weighted by molar-refractivity contribution is 7.80. The number of amides is 1. The Hall–Kier alpha value is -3.33. The Morgan fingerprint density at radius 3 is 2.55 bits per heavy atom. The quantitative estimate of drug-likeness (QED) is 0.187. The van der Waals surface area contributed by atoms with E-state index < -0.39 is 4.92 Å². The zero-order chi connectivity index (χ0) is 22.6. The average Bonchev–Trinajstić information content (AvgIpc) is 2.73. The zero-order valence-electron chi connectivity index (χ0n) is 17.3. The van der Waals surface area contributed by atoms with Crippen LogP contribution in [0.5, 0.6) is 0 Å². The monoisotopic (exact) mass is 443 g/mol. The zero-order valence-corrected chi connectivity index (χ0v) is 18.1. The molecule has 0 atom stereocenters. The van der Waals surface area contributed by atoms with Gasteiger partial charge in [0.15, 0.2) is 5.11 Å². The van der Waals surface area contributed by atoms with E-state index in [0.717, 1.165) is 12.8 Å². The van der Waals surface area contributed by atoms with E-state index in [0.29, 0.717) is 24.3 Å². The number of anilines is 1. The van der Waals surface area contributed by atoms with Crippen LogP contribution >= 0.6 is 12.2 Å². The van der Waals surface area contributed by atoms with E-state index in [1.165, 1.54) is 11.6 Å². The van der Waals surface area contributed by atoms with Gasteiger partial charge < -0.3 is 15.4 Å². The molecule has 2 rings (SSSR count). The van der Waals surface area contributed by atoms with Gasteiger partial charge in [0, 0.05) is 30.2 Å². The fourth-order valence-corrected chi connectivity index (χ4v) is 3.04. The van der Waals surface area contributed by atoms with E-state index in [1.54, 1.807) is 19.1 Å². The summed E-state index contributed by atoms with van der Waals surface area (Å²) < 4.78 is 5.18. The van der Waals surface area contributed by atoms with Gasteiger partial charge in [-0.1, -0.05) is 36.4 Å². The molecule has 2 aromatic carbocycles. The highest BCUT2D eigenvalue weighted by Crippen LogP contribution is 2.22. The molecule has 2 N–H and O–H groups in total. The third-order valence-electron chi connectivity index (χ3n) is 4.42. The van der Waals surface area contributed by atoms with Gasteiger partial charge in [0.05, 0.1) is 11.5 Å². The summed E-state index contributed by atoms with van der Waals surface area (Å²) in [5.41, 5.74) is 2.08. The molecule has 0 aromatic heterocycles. The number of thiocarbonyl (C=S) groups is 1. The number of hydrogen-bond donors (Lipinski definition) is 2. The van der Waals surface area contributed by atoms with Crippen molar-refractivity contribution < 1.29 is 19.2 Å². The SMILES string of the molecule is Cc1ccc(NC(=S)NC(=O)CCCC(=O)OCCCc2ccccc2)cc1[N+](=O)[O-]. The molecule has 0 aliphatic rings. The molecule has 0 bridgehead atoms. The average molecular weight is 444 g/mol. The van der Waals surface area contributed by atoms with E-state index in [9.17, 15) is 19.7 Å². The van der Waals surface area contributed by atoms with Crippen LogP contribution in [0.1, 0.15) is 36.8 Å². The molecule has 0 fully saturated rings. The van der Waals surface area contributed by atoms with Crippen molar-refractivity contribution in [2.75, 3.05) is 11.9 Å². The molecule has 2 aromatic rings. The number of aryl methyl sites for hydroxylation is 2. The third kappa shape index (κ3) is 8.91. The number of rotatable bonds is 10. The summed E-state index contributed by atoms with van der Waals surface area (Å²) >= 11 is 5.06. The maximum Gasteiger partial charge on any atom is 0.305 e. The first kappa shape index (κ1) is 23.9. The Kier molecular flexibility index (Phi) is 9.57. The molecular weight excluding hydrogens is 418 g/mol. The molecule has 9 heteroatoms. The van der Waals surface area contributed by atoms with Crippen LogP contribution in [0.15, 0.2) is 48.5 Å². The number of nitrogens with zero attached hydrogens (tertiary/aromatic N) is 1. The van der Waals surface area contributed by atoms with Gasteiger partial charge in [-0.2, -0.15) is 0 Å². The molecule has 0 saturated heterocycles. The van der Waals surface area contributed by atoms with Crippen molar-refractivity contribution in [1.29, 1.82) is 0 Å². The summed E-state index contributed by atoms with van der Waals surface area (Å²) in [6.45, 7) is 1.98. The summed E-state index contributed by atoms with van der Waals surface area (Å²) in [4.78, 5) is 34.3. The van der Waals surface area contributed by atoms with E-state index in [-0.39, 0.29) is 35.5 Å². The standard InChI is InChI=1S/C22H25N3O5S/c1-16-12-13-18(15-19(16)25(28)29)23-22(31)24-20(26)10-5-11-21(27)30-14-6-9-17-7-3-2-4-8-17/h2-4,7-8,12-13,15H,5-6,9-11,14H2,1H3,(H2,23,24,26,31). The number of nitro benzene ring substituents is 1. The summed E-state index contributed by atoms with van der Waals surface area (Å²) in [5.74, 6) is -0.690. The van der Waals surface area contributed by atoms with Crippen LogP contribution in [0.2, 0.25) is 0 Å². The molecule has 1 amide bonds. The Balaban J connectivity index is 1.61. The lowest BCUT2D eigenvalue weighted by molar-refractivity contribution is -0.385. The number of carbonyl (C=O) groups is 2. The van der Waals surface area contributed by atoms with Crippen LogP contribution in [0.3, 0.4) is 0 Å². The minimum atomic E-state index is -0.483. The number of carbonyl (C=O) groups excluding carboxylic acids is 2. The van der Waals surface area contributed by atoms with Gasteiger partial charge in [0.1, 0.15) is 0 Å². The van der Waals surface area contributed by atoms with E-state index in [1.807, 2.05) is 30.3 Å². The lowest BCUT2D eigenvalue weighted by atomic mass is 10.1. The number of ether oxygens (including phenoxy) is 1. The number of nitrogens with one attached hydrogen (secondary N) is 2. The number of benzene rings is 2. The molecular formula is C22H25N3O5S. The first-order valence-electron chi connectivity index (χ1n) is 9.90. The second kappa shape index (κ2) is 12.4.